The number of fused-ring (bicyclic) bond motifs is 1. The van der Waals surface area contributed by atoms with Crippen molar-refractivity contribution in [2.24, 2.45) is 0 Å². The lowest BCUT2D eigenvalue weighted by atomic mass is 10.0. The predicted molar refractivity (Wildman–Crippen MR) is 98.1 cm³/mol. The number of halogens is 2. The Labute approximate surface area is 155 Å². The SMILES string of the molecule is CCCNc1nc(Oc2ccc(F)cc2F)nc2n[nH]c(C3CCCC3)c12. The maximum absolute atomic E-state index is 13.9. The van der Waals surface area contributed by atoms with Gasteiger partial charge in [-0.2, -0.15) is 15.1 Å². The van der Waals surface area contributed by atoms with Crippen molar-refractivity contribution in [2.45, 2.75) is 44.9 Å². The van der Waals surface area contributed by atoms with Crippen LogP contribution in [0.25, 0.3) is 11.0 Å². The maximum Gasteiger partial charge on any atom is 0.326 e. The summed E-state index contributed by atoms with van der Waals surface area (Å²) in [5.74, 6) is -0.577. The summed E-state index contributed by atoms with van der Waals surface area (Å²) in [6.07, 6.45) is 5.56. The lowest BCUT2D eigenvalue weighted by molar-refractivity contribution is 0.410. The highest BCUT2D eigenvalue weighted by atomic mass is 19.1. The first-order chi connectivity index (χ1) is 13.2. The van der Waals surface area contributed by atoms with Crippen LogP contribution in [0.1, 0.15) is 50.6 Å². The summed E-state index contributed by atoms with van der Waals surface area (Å²) in [5.41, 5.74) is 1.52. The first-order valence-electron chi connectivity index (χ1n) is 9.28. The molecule has 1 aliphatic rings. The molecule has 3 aromatic rings. The van der Waals surface area contributed by atoms with Crippen LogP contribution < -0.4 is 10.1 Å². The van der Waals surface area contributed by atoms with E-state index in [1.165, 1.54) is 18.9 Å². The zero-order valence-electron chi connectivity index (χ0n) is 15.1. The van der Waals surface area contributed by atoms with E-state index in [0.29, 0.717) is 17.4 Å². The Morgan fingerprint density at radius 3 is 2.78 bits per heavy atom. The third kappa shape index (κ3) is 3.56. The molecule has 0 atom stereocenters. The normalized spacial score (nSPS) is 14.8. The van der Waals surface area contributed by atoms with Crippen molar-refractivity contribution in [1.82, 2.24) is 20.2 Å². The molecule has 0 bridgehead atoms. The Kier molecular flexibility index (Phi) is 4.87. The van der Waals surface area contributed by atoms with E-state index in [0.717, 1.165) is 49.0 Å². The zero-order valence-corrected chi connectivity index (χ0v) is 15.1. The van der Waals surface area contributed by atoms with Gasteiger partial charge in [0.2, 0.25) is 0 Å². The Bertz CT molecular complexity index is 953. The molecule has 0 amide bonds. The second-order valence-corrected chi connectivity index (χ2v) is 6.78. The van der Waals surface area contributed by atoms with Crippen molar-refractivity contribution < 1.29 is 13.5 Å². The molecule has 2 N–H and O–H groups in total. The van der Waals surface area contributed by atoms with Crippen LogP contribution in [0.3, 0.4) is 0 Å². The largest absolute Gasteiger partial charge is 0.421 e. The summed E-state index contributed by atoms with van der Waals surface area (Å²) in [6.45, 7) is 2.79. The predicted octanol–water partition coefficient (Wildman–Crippen LogP) is 4.90. The highest BCUT2D eigenvalue weighted by Crippen LogP contribution is 2.38. The number of ether oxygens (including phenoxy) is 1. The van der Waals surface area contributed by atoms with Gasteiger partial charge in [0.15, 0.2) is 17.2 Å². The van der Waals surface area contributed by atoms with Crippen LogP contribution in [0.2, 0.25) is 0 Å². The Hall–Kier alpha value is -2.77. The number of aromatic nitrogens is 4. The summed E-state index contributed by atoms with van der Waals surface area (Å²) in [5, 5.41) is 11.6. The molecule has 1 fully saturated rings. The molecule has 0 aliphatic heterocycles. The molecule has 1 aliphatic carbocycles. The quantitative estimate of drug-likeness (QED) is 0.642. The summed E-state index contributed by atoms with van der Waals surface area (Å²) in [6, 6.07) is 3.07. The summed E-state index contributed by atoms with van der Waals surface area (Å²) in [4.78, 5) is 8.76. The molecule has 142 valence electrons. The van der Waals surface area contributed by atoms with E-state index in [1.807, 2.05) is 0 Å². The number of nitrogens with one attached hydrogen (secondary N) is 2. The fourth-order valence-corrected chi connectivity index (χ4v) is 3.51. The minimum Gasteiger partial charge on any atom is -0.421 e. The number of hydrogen-bond donors (Lipinski definition) is 2. The molecule has 0 radical (unpaired) electrons. The first-order valence-corrected chi connectivity index (χ1v) is 9.28. The van der Waals surface area contributed by atoms with Crippen LogP contribution in [0.5, 0.6) is 11.8 Å². The van der Waals surface area contributed by atoms with E-state index in [4.69, 9.17) is 4.74 Å². The number of hydrogen-bond acceptors (Lipinski definition) is 5. The minimum atomic E-state index is -0.810. The van der Waals surface area contributed by atoms with Crippen molar-refractivity contribution in [1.29, 1.82) is 0 Å². The highest BCUT2D eigenvalue weighted by molar-refractivity contribution is 5.89. The van der Waals surface area contributed by atoms with Gasteiger partial charge >= 0.3 is 6.01 Å². The average molecular weight is 373 g/mol. The molecular weight excluding hydrogens is 352 g/mol. The van der Waals surface area contributed by atoms with Gasteiger partial charge in [-0.3, -0.25) is 5.10 Å². The van der Waals surface area contributed by atoms with Gasteiger partial charge in [-0.15, -0.1) is 0 Å². The van der Waals surface area contributed by atoms with Crippen LogP contribution in [0, 0.1) is 11.6 Å². The zero-order chi connectivity index (χ0) is 18.8. The van der Waals surface area contributed by atoms with Gasteiger partial charge in [-0.25, -0.2) is 8.78 Å². The second-order valence-electron chi connectivity index (χ2n) is 6.78. The number of nitrogens with zero attached hydrogens (tertiary/aromatic N) is 3. The maximum atomic E-state index is 13.9. The summed E-state index contributed by atoms with van der Waals surface area (Å²) in [7, 11) is 0. The van der Waals surface area contributed by atoms with Gasteiger partial charge < -0.3 is 10.1 Å². The minimum absolute atomic E-state index is 0.0314. The van der Waals surface area contributed by atoms with Gasteiger partial charge in [0, 0.05) is 18.5 Å². The third-order valence-corrected chi connectivity index (χ3v) is 4.82. The molecule has 1 saturated carbocycles. The topological polar surface area (TPSA) is 75.7 Å². The molecule has 1 aromatic carbocycles. The van der Waals surface area contributed by atoms with Gasteiger partial charge in [0.25, 0.3) is 0 Å². The Morgan fingerprint density at radius 2 is 2.04 bits per heavy atom. The smallest absolute Gasteiger partial charge is 0.326 e. The number of benzene rings is 1. The van der Waals surface area contributed by atoms with Gasteiger partial charge in [0.1, 0.15) is 11.6 Å². The lowest BCUT2D eigenvalue weighted by Gasteiger charge is -2.12. The van der Waals surface area contributed by atoms with Crippen LogP contribution >= 0.6 is 0 Å². The number of aromatic amines is 1. The molecule has 0 unspecified atom stereocenters. The van der Waals surface area contributed by atoms with Crippen molar-refractivity contribution in [3.63, 3.8) is 0 Å². The average Bonchev–Trinajstić information content (AvgIpc) is 3.31. The molecule has 6 nitrogen and oxygen atoms in total. The molecule has 2 heterocycles. The van der Waals surface area contributed by atoms with Crippen LogP contribution in [0.15, 0.2) is 18.2 Å². The number of anilines is 1. The van der Waals surface area contributed by atoms with Crippen LogP contribution in [0.4, 0.5) is 14.6 Å². The van der Waals surface area contributed by atoms with E-state index < -0.39 is 11.6 Å². The summed E-state index contributed by atoms with van der Waals surface area (Å²) >= 11 is 0. The molecule has 27 heavy (non-hydrogen) atoms. The number of H-pyrrole nitrogens is 1. The first kappa shape index (κ1) is 17.6. The molecule has 0 spiro atoms. The van der Waals surface area contributed by atoms with Crippen molar-refractivity contribution in [3.8, 4) is 11.8 Å². The highest BCUT2D eigenvalue weighted by Gasteiger charge is 2.25. The Morgan fingerprint density at radius 1 is 1.22 bits per heavy atom. The monoisotopic (exact) mass is 373 g/mol. The van der Waals surface area contributed by atoms with E-state index in [2.05, 4.69) is 32.4 Å². The van der Waals surface area contributed by atoms with Crippen LogP contribution in [-0.2, 0) is 0 Å². The van der Waals surface area contributed by atoms with E-state index in [1.54, 1.807) is 0 Å². The van der Waals surface area contributed by atoms with Crippen molar-refractivity contribution in [3.05, 3.63) is 35.5 Å². The van der Waals surface area contributed by atoms with Crippen LogP contribution in [-0.4, -0.2) is 26.7 Å². The molecular formula is C19H21F2N5O. The van der Waals surface area contributed by atoms with Gasteiger partial charge in [-0.05, 0) is 31.4 Å². The molecule has 2 aromatic heterocycles. The van der Waals surface area contributed by atoms with E-state index in [9.17, 15) is 8.78 Å². The second kappa shape index (κ2) is 7.46. The van der Waals surface area contributed by atoms with E-state index >= 15 is 0 Å². The fraction of sp³-hybridized carbons (Fsp3) is 0.421. The lowest BCUT2D eigenvalue weighted by Crippen LogP contribution is -2.06. The van der Waals surface area contributed by atoms with Crippen molar-refractivity contribution in [2.75, 3.05) is 11.9 Å². The Balaban J connectivity index is 1.73. The van der Waals surface area contributed by atoms with E-state index in [-0.39, 0.29) is 11.8 Å². The third-order valence-electron chi connectivity index (χ3n) is 4.82. The summed E-state index contributed by atoms with van der Waals surface area (Å²) < 4.78 is 32.5. The standard InChI is InChI=1S/C19H21F2N5O/c1-2-9-22-17-15-16(11-5-3-4-6-11)25-26-18(15)24-19(23-17)27-14-8-7-12(20)10-13(14)21/h7-8,10-11H,2-6,9H2,1H3,(H2,22,23,24,25,26). The van der Waals surface area contributed by atoms with Gasteiger partial charge in [-0.1, -0.05) is 19.8 Å². The van der Waals surface area contributed by atoms with Gasteiger partial charge in [0.05, 0.1) is 11.1 Å². The molecule has 0 saturated heterocycles. The van der Waals surface area contributed by atoms with Crippen molar-refractivity contribution >= 4 is 16.9 Å². The molecule has 4 rings (SSSR count). The molecule has 8 heteroatoms. The fourth-order valence-electron chi connectivity index (χ4n) is 3.51. The number of rotatable bonds is 6.